The third kappa shape index (κ3) is 4.01. The first-order valence-corrected chi connectivity index (χ1v) is 8.03. The van der Waals surface area contributed by atoms with E-state index in [2.05, 4.69) is 19.6 Å². The average Bonchev–Trinajstić information content (AvgIpc) is 2.60. The molecule has 2 N–H and O–H groups in total. The zero-order valence-electron chi connectivity index (χ0n) is 14.1. The smallest absolute Gasteiger partial charge is 0.144 e. The van der Waals surface area contributed by atoms with Gasteiger partial charge in [0.1, 0.15) is 23.9 Å². The maximum absolute atomic E-state index is 10.2. The highest BCUT2D eigenvalue weighted by Gasteiger charge is 2.04. The molecule has 0 amide bonds. The first-order valence-electron chi connectivity index (χ1n) is 8.03. The van der Waals surface area contributed by atoms with Crippen molar-refractivity contribution in [3.63, 3.8) is 0 Å². The van der Waals surface area contributed by atoms with Crippen LogP contribution in [0.25, 0.3) is 22.9 Å². The van der Waals surface area contributed by atoms with Crippen LogP contribution in [0.3, 0.4) is 0 Å². The van der Waals surface area contributed by atoms with E-state index >= 15 is 0 Å². The van der Waals surface area contributed by atoms with E-state index in [0.29, 0.717) is 5.75 Å². The lowest BCUT2D eigenvalue weighted by molar-refractivity contribution is 0.272. The summed E-state index contributed by atoms with van der Waals surface area (Å²) < 4.78 is 5.36. The second kappa shape index (κ2) is 7.14. The molecule has 0 aliphatic rings. The summed E-state index contributed by atoms with van der Waals surface area (Å²) in [7, 11) is 0. The quantitative estimate of drug-likeness (QED) is 0.481. The summed E-state index contributed by atoms with van der Waals surface area (Å²) in [5.74, 6) is 0.912. The Morgan fingerprint density at radius 1 is 1.04 bits per heavy atom. The monoisotopic (exact) mass is 332 g/mol. The Kier molecular flexibility index (Phi) is 4.75. The van der Waals surface area contributed by atoms with E-state index in [-0.39, 0.29) is 18.1 Å². The number of aliphatic hydroxyl groups excluding tert-OH is 1. The second-order valence-corrected chi connectivity index (χ2v) is 5.98. The first kappa shape index (κ1) is 16.7. The minimum Gasteiger partial charge on any atom is -0.509 e. The fraction of sp³-hybridized carbons (Fsp3) is 0.0909. The van der Waals surface area contributed by atoms with E-state index in [1.807, 2.05) is 54.6 Å². The molecule has 0 aliphatic carbocycles. The minimum absolute atomic E-state index is 0.00867. The Labute approximate surface area is 147 Å². The van der Waals surface area contributed by atoms with Gasteiger partial charge in [0, 0.05) is 5.56 Å². The van der Waals surface area contributed by atoms with Gasteiger partial charge in [-0.25, -0.2) is 0 Å². The number of rotatable bonds is 5. The van der Waals surface area contributed by atoms with Crippen LogP contribution in [0.2, 0.25) is 0 Å². The van der Waals surface area contributed by atoms with Crippen molar-refractivity contribution in [2.24, 2.45) is 0 Å². The molecule has 3 aromatic carbocycles. The highest BCUT2D eigenvalue weighted by molar-refractivity contribution is 5.95. The van der Waals surface area contributed by atoms with Gasteiger partial charge in [0.2, 0.25) is 0 Å². The number of aryl methyl sites for hydroxylation is 1. The van der Waals surface area contributed by atoms with Crippen molar-refractivity contribution in [3.05, 3.63) is 83.6 Å². The number of fused-ring (bicyclic) bond motifs is 1. The third-order valence-corrected chi connectivity index (χ3v) is 3.92. The van der Waals surface area contributed by atoms with Crippen molar-refractivity contribution in [1.29, 1.82) is 0 Å². The van der Waals surface area contributed by atoms with Gasteiger partial charge in [-0.15, -0.1) is 0 Å². The van der Waals surface area contributed by atoms with Gasteiger partial charge in [0.25, 0.3) is 0 Å². The summed E-state index contributed by atoms with van der Waals surface area (Å²) in [4.78, 5) is 0. The summed E-state index contributed by atoms with van der Waals surface area (Å²) in [6.07, 6.45) is 3.86. The third-order valence-electron chi connectivity index (χ3n) is 3.92. The Hall–Kier alpha value is -3.20. The number of hydrogen-bond acceptors (Lipinski definition) is 3. The number of aromatic hydroxyl groups is 1. The highest BCUT2D eigenvalue weighted by Crippen LogP contribution is 2.29. The highest BCUT2D eigenvalue weighted by atomic mass is 16.5. The van der Waals surface area contributed by atoms with Gasteiger partial charge >= 0.3 is 0 Å². The molecule has 126 valence electrons. The molecule has 0 aromatic heterocycles. The molecule has 25 heavy (non-hydrogen) atoms. The van der Waals surface area contributed by atoms with E-state index in [4.69, 9.17) is 9.84 Å². The molecule has 0 aliphatic heterocycles. The van der Waals surface area contributed by atoms with E-state index in [1.54, 1.807) is 6.07 Å². The predicted molar refractivity (Wildman–Crippen MR) is 103 cm³/mol. The minimum atomic E-state index is -0.00867. The average molecular weight is 332 g/mol. The molecule has 0 spiro atoms. The lowest BCUT2D eigenvalue weighted by Gasteiger charge is -2.07. The fourth-order valence-electron chi connectivity index (χ4n) is 2.66. The molecule has 0 radical (unpaired) electrons. The Balaban J connectivity index is 1.85. The van der Waals surface area contributed by atoms with Gasteiger partial charge in [0.05, 0.1) is 0 Å². The van der Waals surface area contributed by atoms with Crippen LogP contribution in [0.4, 0.5) is 0 Å². The van der Waals surface area contributed by atoms with Gasteiger partial charge in [-0.2, -0.15) is 0 Å². The fourth-order valence-corrected chi connectivity index (χ4v) is 2.66. The Morgan fingerprint density at radius 2 is 1.80 bits per heavy atom. The SMILES string of the molecule is C=C(O)COc1ccc(/C=C/c2c(O)ccc3cc(C)ccc23)cc1. The summed E-state index contributed by atoms with van der Waals surface area (Å²) in [5.41, 5.74) is 2.97. The maximum Gasteiger partial charge on any atom is 0.144 e. The van der Waals surface area contributed by atoms with Crippen LogP contribution in [0.5, 0.6) is 11.5 Å². The lowest BCUT2D eigenvalue weighted by atomic mass is 10.0. The number of hydrogen-bond donors (Lipinski definition) is 2. The van der Waals surface area contributed by atoms with E-state index in [9.17, 15) is 5.11 Å². The molecule has 0 unspecified atom stereocenters. The van der Waals surface area contributed by atoms with Crippen LogP contribution in [-0.2, 0) is 0 Å². The zero-order chi connectivity index (χ0) is 17.8. The van der Waals surface area contributed by atoms with Crippen LogP contribution in [0, 0.1) is 6.92 Å². The topological polar surface area (TPSA) is 49.7 Å². The maximum atomic E-state index is 10.2. The number of benzene rings is 3. The molecule has 3 nitrogen and oxygen atoms in total. The normalized spacial score (nSPS) is 11.1. The summed E-state index contributed by atoms with van der Waals surface area (Å²) in [6, 6.07) is 17.3. The van der Waals surface area contributed by atoms with Crippen LogP contribution in [-0.4, -0.2) is 16.8 Å². The summed E-state index contributed by atoms with van der Waals surface area (Å²) >= 11 is 0. The Bertz CT molecular complexity index is 937. The van der Waals surface area contributed by atoms with Crippen LogP contribution >= 0.6 is 0 Å². The Morgan fingerprint density at radius 3 is 2.52 bits per heavy atom. The van der Waals surface area contributed by atoms with Crippen LogP contribution < -0.4 is 4.74 Å². The molecule has 0 heterocycles. The van der Waals surface area contributed by atoms with Crippen molar-refractivity contribution in [1.82, 2.24) is 0 Å². The van der Waals surface area contributed by atoms with Gasteiger partial charge in [-0.05, 0) is 41.5 Å². The number of ether oxygens (including phenoxy) is 1. The van der Waals surface area contributed by atoms with Crippen LogP contribution in [0.1, 0.15) is 16.7 Å². The van der Waals surface area contributed by atoms with Crippen LogP contribution in [0.15, 0.2) is 66.9 Å². The van der Waals surface area contributed by atoms with Gasteiger partial charge in [-0.1, -0.05) is 60.7 Å². The molecular weight excluding hydrogens is 312 g/mol. The predicted octanol–water partition coefficient (Wildman–Crippen LogP) is 5.47. The molecule has 0 saturated heterocycles. The first-order chi connectivity index (χ1) is 12.0. The van der Waals surface area contributed by atoms with Gasteiger partial charge in [0.15, 0.2) is 0 Å². The van der Waals surface area contributed by atoms with Crippen molar-refractivity contribution >= 4 is 22.9 Å². The van der Waals surface area contributed by atoms with Crippen molar-refractivity contribution in [2.75, 3.05) is 6.61 Å². The standard InChI is InChI=1S/C22H20O3/c1-15-3-10-20-18(13-15)7-12-22(24)21(20)11-6-17-4-8-19(9-5-17)25-14-16(2)23/h3-13,23-24H,2,14H2,1H3/b11-6+. The van der Waals surface area contributed by atoms with Crippen molar-refractivity contribution in [3.8, 4) is 11.5 Å². The van der Waals surface area contributed by atoms with E-state index < -0.39 is 0 Å². The van der Waals surface area contributed by atoms with E-state index in [0.717, 1.165) is 21.9 Å². The number of phenolic OH excluding ortho intramolecular Hbond substituents is 1. The molecule has 3 aromatic rings. The van der Waals surface area contributed by atoms with E-state index in [1.165, 1.54) is 5.56 Å². The molecule has 0 saturated carbocycles. The summed E-state index contributed by atoms with van der Waals surface area (Å²) in [6.45, 7) is 5.52. The molecule has 0 fully saturated rings. The lowest BCUT2D eigenvalue weighted by Crippen LogP contribution is -1.98. The molecule has 0 atom stereocenters. The molecule has 0 bridgehead atoms. The van der Waals surface area contributed by atoms with Crippen molar-refractivity contribution in [2.45, 2.75) is 6.92 Å². The van der Waals surface area contributed by atoms with Gasteiger partial charge in [-0.3, -0.25) is 0 Å². The number of phenols is 1. The molecule has 3 heteroatoms. The summed E-state index contributed by atoms with van der Waals surface area (Å²) in [5, 5.41) is 21.4. The van der Waals surface area contributed by atoms with Gasteiger partial charge < -0.3 is 14.9 Å². The molecular formula is C22H20O3. The second-order valence-electron chi connectivity index (χ2n) is 5.98. The zero-order valence-corrected chi connectivity index (χ0v) is 14.1. The largest absolute Gasteiger partial charge is 0.509 e. The molecule has 3 rings (SSSR count). The van der Waals surface area contributed by atoms with Crippen molar-refractivity contribution < 1.29 is 14.9 Å². The number of aliphatic hydroxyl groups is 1.